The zero-order chi connectivity index (χ0) is 18.0. The molecule has 0 spiro atoms. The fourth-order valence-corrected chi connectivity index (χ4v) is 4.77. The van der Waals surface area contributed by atoms with Crippen LogP contribution in [0.3, 0.4) is 0 Å². The van der Waals surface area contributed by atoms with Crippen LogP contribution in [0.1, 0.15) is 10.9 Å². The van der Waals surface area contributed by atoms with Gasteiger partial charge in [0.2, 0.25) is 10.0 Å². The van der Waals surface area contributed by atoms with Crippen LogP contribution in [0.5, 0.6) is 0 Å². The molecule has 7 heteroatoms. The Hall–Kier alpha value is -2.48. The van der Waals surface area contributed by atoms with Crippen molar-refractivity contribution < 1.29 is 8.42 Å². The molecule has 0 aliphatic carbocycles. The summed E-state index contributed by atoms with van der Waals surface area (Å²) >= 11 is 1.58. The first-order chi connectivity index (χ1) is 12.6. The zero-order valence-corrected chi connectivity index (χ0v) is 15.5. The number of nitrogens with zero attached hydrogens (tertiary/aromatic N) is 2. The molecule has 4 rings (SSSR count). The summed E-state index contributed by atoms with van der Waals surface area (Å²) in [5, 5.41) is 8.16. The van der Waals surface area contributed by atoms with Gasteiger partial charge in [0.05, 0.1) is 10.9 Å². The highest BCUT2D eigenvalue weighted by Gasteiger charge is 2.20. The molecule has 2 aromatic carbocycles. The van der Waals surface area contributed by atoms with Crippen molar-refractivity contribution in [3.8, 4) is 0 Å². The predicted molar refractivity (Wildman–Crippen MR) is 104 cm³/mol. The SMILES string of the molecule is O=S(=O)(NCC(c1cccs1)n1cccn1)c1ccc2ccccc2c1. The standard InChI is InChI=1S/C19H17N3O2S2/c23-26(24,17-9-8-15-5-1-2-6-16(15)13-17)21-14-18(19-7-3-12-25-19)22-11-4-10-20-22/h1-13,18,21H,14H2. The number of fused-ring (bicyclic) bond motifs is 1. The van der Waals surface area contributed by atoms with Crippen molar-refractivity contribution >= 4 is 32.1 Å². The maximum Gasteiger partial charge on any atom is 0.240 e. The van der Waals surface area contributed by atoms with Gasteiger partial charge in [0, 0.05) is 23.8 Å². The molecule has 2 aromatic heterocycles. The third-order valence-corrected chi connectivity index (χ3v) is 6.61. The van der Waals surface area contributed by atoms with Crippen molar-refractivity contribution in [2.75, 3.05) is 6.54 Å². The summed E-state index contributed by atoms with van der Waals surface area (Å²) in [7, 11) is -3.62. The Balaban J connectivity index is 1.60. The zero-order valence-electron chi connectivity index (χ0n) is 13.8. The number of rotatable bonds is 6. The van der Waals surface area contributed by atoms with E-state index in [1.54, 1.807) is 34.3 Å². The van der Waals surface area contributed by atoms with Crippen LogP contribution in [-0.4, -0.2) is 24.7 Å². The Morgan fingerprint density at radius 1 is 1.04 bits per heavy atom. The maximum absolute atomic E-state index is 12.8. The number of benzene rings is 2. The molecule has 0 amide bonds. The molecule has 0 bridgehead atoms. The van der Waals surface area contributed by atoms with Gasteiger partial charge in [0.25, 0.3) is 0 Å². The summed E-state index contributed by atoms with van der Waals surface area (Å²) in [6, 6.07) is 18.5. The van der Waals surface area contributed by atoms with Gasteiger partial charge < -0.3 is 0 Å². The van der Waals surface area contributed by atoms with Crippen LogP contribution in [0, 0.1) is 0 Å². The van der Waals surface area contributed by atoms with Gasteiger partial charge in [-0.15, -0.1) is 11.3 Å². The summed E-state index contributed by atoms with van der Waals surface area (Å²) in [5.74, 6) is 0. The first-order valence-corrected chi connectivity index (χ1v) is 10.5. The van der Waals surface area contributed by atoms with Crippen LogP contribution >= 0.6 is 11.3 Å². The van der Waals surface area contributed by atoms with E-state index < -0.39 is 10.0 Å². The first kappa shape index (κ1) is 17.0. The Labute approximate surface area is 156 Å². The molecule has 1 N–H and O–H groups in total. The summed E-state index contributed by atoms with van der Waals surface area (Å²) in [6.07, 6.45) is 3.53. The van der Waals surface area contributed by atoms with E-state index in [2.05, 4.69) is 9.82 Å². The quantitative estimate of drug-likeness (QED) is 0.553. The van der Waals surface area contributed by atoms with E-state index >= 15 is 0 Å². The lowest BCUT2D eigenvalue weighted by molar-refractivity contribution is 0.511. The molecular formula is C19H17N3O2S2. The van der Waals surface area contributed by atoms with E-state index in [-0.39, 0.29) is 17.5 Å². The molecule has 0 saturated carbocycles. The van der Waals surface area contributed by atoms with Crippen LogP contribution < -0.4 is 4.72 Å². The molecule has 0 aliphatic rings. The first-order valence-electron chi connectivity index (χ1n) is 8.14. The third kappa shape index (κ3) is 3.41. The lowest BCUT2D eigenvalue weighted by atomic mass is 10.1. The molecule has 1 unspecified atom stereocenters. The number of sulfonamides is 1. The molecule has 2 heterocycles. The monoisotopic (exact) mass is 383 g/mol. The topological polar surface area (TPSA) is 64.0 Å². The van der Waals surface area contributed by atoms with Gasteiger partial charge in [-0.2, -0.15) is 5.10 Å². The fourth-order valence-electron chi connectivity index (χ4n) is 2.88. The Bertz CT molecular complexity index is 1070. The second-order valence-corrected chi connectivity index (χ2v) is 8.62. The van der Waals surface area contributed by atoms with Crippen LogP contribution in [0.2, 0.25) is 0 Å². The molecule has 4 aromatic rings. The van der Waals surface area contributed by atoms with Crippen molar-refractivity contribution in [3.05, 3.63) is 83.3 Å². The van der Waals surface area contributed by atoms with Crippen LogP contribution in [0.4, 0.5) is 0 Å². The van der Waals surface area contributed by atoms with E-state index in [0.717, 1.165) is 15.6 Å². The van der Waals surface area contributed by atoms with Gasteiger partial charge in [-0.05, 0) is 40.4 Å². The number of aromatic nitrogens is 2. The van der Waals surface area contributed by atoms with Crippen LogP contribution in [-0.2, 0) is 10.0 Å². The smallest absolute Gasteiger partial charge is 0.240 e. The molecule has 132 valence electrons. The van der Waals surface area contributed by atoms with Crippen molar-refractivity contribution in [1.29, 1.82) is 0 Å². The normalized spacial score (nSPS) is 13.1. The summed E-state index contributed by atoms with van der Waals surface area (Å²) in [4.78, 5) is 1.32. The molecule has 26 heavy (non-hydrogen) atoms. The molecule has 0 radical (unpaired) electrons. The molecule has 0 fully saturated rings. The number of nitrogens with one attached hydrogen (secondary N) is 1. The largest absolute Gasteiger partial charge is 0.263 e. The van der Waals surface area contributed by atoms with Gasteiger partial charge in [0.1, 0.15) is 0 Å². The van der Waals surface area contributed by atoms with Crippen molar-refractivity contribution in [3.63, 3.8) is 0 Å². The number of hydrogen-bond donors (Lipinski definition) is 1. The molecule has 0 aliphatic heterocycles. The Morgan fingerprint density at radius 2 is 1.88 bits per heavy atom. The highest BCUT2D eigenvalue weighted by atomic mass is 32.2. The van der Waals surface area contributed by atoms with Crippen LogP contribution in [0.25, 0.3) is 10.8 Å². The lowest BCUT2D eigenvalue weighted by Crippen LogP contribution is -2.31. The highest BCUT2D eigenvalue weighted by Crippen LogP contribution is 2.23. The van der Waals surface area contributed by atoms with E-state index in [1.165, 1.54) is 0 Å². The Morgan fingerprint density at radius 3 is 2.62 bits per heavy atom. The fraction of sp³-hybridized carbons (Fsp3) is 0.105. The summed E-state index contributed by atoms with van der Waals surface area (Å²) in [5.41, 5.74) is 0. The average molecular weight is 383 g/mol. The average Bonchev–Trinajstić information content (AvgIpc) is 3.36. The number of thiophene rings is 1. The second-order valence-electron chi connectivity index (χ2n) is 5.88. The van der Waals surface area contributed by atoms with Gasteiger partial charge in [-0.25, -0.2) is 13.1 Å². The van der Waals surface area contributed by atoms with E-state index in [4.69, 9.17) is 0 Å². The van der Waals surface area contributed by atoms with Gasteiger partial charge in [-0.3, -0.25) is 4.68 Å². The minimum Gasteiger partial charge on any atom is -0.263 e. The minimum absolute atomic E-state index is 0.180. The van der Waals surface area contributed by atoms with Crippen molar-refractivity contribution in [1.82, 2.24) is 14.5 Å². The lowest BCUT2D eigenvalue weighted by Gasteiger charge is -2.17. The third-order valence-electron chi connectivity index (χ3n) is 4.21. The van der Waals surface area contributed by atoms with E-state index in [9.17, 15) is 8.42 Å². The summed E-state index contributed by atoms with van der Waals surface area (Å²) in [6.45, 7) is 0.233. The second kappa shape index (κ2) is 7.03. The molecule has 0 saturated heterocycles. The Kier molecular flexibility index (Phi) is 4.58. The molecule has 1 atom stereocenters. The van der Waals surface area contributed by atoms with Crippen molar-refractivity contribution in [2.45, 2.75) is 10.9 Å². The van der Waals surface area contributed by atoms with E-state index in [0.29, 0.717) is 0 Å². The highest BCUT2D eigenvalue weighted by molar-refractivity contribution is 7.89. The molecule has 5 nitrogen and oxygen atoms in total. The van der Waals surface area contributed by atoms with Crippen molar-refractivity contribution in [2.24, 2.45) is 0 Å². The predicted octanol–water partition coefficient (Wildman–Crippen LogP) is 3.67. The maximum atomic E-state index is 12.8. The minimum atomic E-state index is -3.62. The summed E-state index contributed by atoms with van der Waals surface area (Å²) < 4.78 is 30.1. The van der Waals surface area contributed by atoms with Gasteiger partial charge in [0.15, 0.2) is 0 Å². The van der Waals surface area contributed by atoms with Gasteiger partial charge in [-0.1, -0.05) is 36.4 Å². The van der Waals surface area contributed by atoms with Crippen LogP contribution in [0.15, 0.2) is 83.3 Å². The van der Waals surface area contributed by atoms with E-state index in [1.807, 2.05) is 60.1 Å². The van der Waals surface area contributed by atoms with Gasteiger partial charge >= 0.3 is 0 Å². The number of hydrogen-bond acceptors (Lipinski definition) is 4. The molecular weight excluding hydrogens is 366 g/mol.